The van der Waals surface area contributed by atoms with Crippen LogP contribution in [0.2, 0.25) is 0 Å². The van der Waals surface area contributed by atoms with Gasteiger partial charge in [0.15, 0.2) is 0 Å². The van der Waals surface area contributed by atoms with E-state index in [0.29, 0.717) is 11.8 Å². The fraction of sp³-hybridized carbons (Fsp3) is 0.895. The normalized spacial score (nSPS) is 34.4. The topological polar surface area (TPSA) is 52.6 Å². The highest BCUT2D eigenvalue weighted by Gasteiger charge is 2.55. The third-order valence-corrected chi connectivity index (χ3v) is 5.70. The second-order valence-corrected chi connectivity index (χ2v) is 8.62. The van der Waals surface area contributed by atoms with Gasteiger partial charge in [-0.05, 0) is 77.6 Å². The smallest absolute Gasteiger partial charge is 0.310 e. The van der Waals surface area contributed by atoms with E-state index in [0.717, 1.165) is 44.9 Å². The van der Waals surface area contributed by atoms with Crippen molar-refractivity contribution in [3.05, 3.63) is 0 Å². The molecule has 3 rings (SSSR count). The van der Waals surface area contributed by atoms with Crippen LogP contribution in [0.4, 0.5) is 0 Å². The van der Waals surface area contributed by atoms with Crippen molar-refractivity contribution in [2.45, 2.75) is 83.8 Å². The molecule has 3 fully saturated rings. The minimum Gasteiger partial charge on any atom is -0.462 e. The van der Waals surface area contributed by atoms with Gasteiger partial charge in [-0.15, -0.1) is 0 Å². The molecule has 3 aliphatic rings. The summed E-state index contributed by atoms with van der Waals surface area (Å²) in [6, 6.07) is 0. The number of carbonyl (C=O) groups is 2. The van der Waals surface area contributed by atoms with Crippen molar-refractivity contribution >= 4 is 11.9 Å². The van der Waals surface area contributed by atoms with E-state index in [2.05, 4.69) is 0 Å². The Morgan fingerprint density at radius 2 is 1.39 bits per heavy atom. The van der Waals surface area contributed by atoms with Crippen LogP contribution in [0.15, 0.2) is 0 Å². The molecule has 0 heterocycles. The second kappa shape index (κ2) is 6.45. The first-order chi connectivity index (χ1) is 10.8. The van der Waals surface area contributed by atoms with Gasteiger partial charge in [-0.2, -0.15) is 0 Å². The number of esters is 2. The lowest BCUT2D eigenvalue weighted by atomic mass is 9.79. The van der Waals surface area contributed by atoms with Crippen LogP contribution >= 0.6 is 0 Å². The lowest BCUT2D eigenvalue weighted by Gasteiger charge is -2.32. The summed E-state index contributed by atoms with van der Waals surface area (Å²) in [5.74, 6) is -0.280. The Balaban J connectivity index is 1.68. The van der Waals surface area contributed by atoms with E-state index in [1.54, 1.807) is 0 Å². The van der Waals surface area contributed by atoms with Crippen molar-refractivity contribution in [3.8, 4) is 0 Å². The number of carbonyl (C=O) groups excluding carboxylic acids is 2. The molecule has 3 saturated carbocycles. The molecule has 0 aromatic rings. The molecule has 0 spiro atoms. The molecule has 2 bridgehead atoms. The molecular formula is C19H30O4. The summed E-state index contributed by atoms with van der Waals surface area (Å²) in [4.78, 5) is 25.4. The van der Waals surface area contributed by atoms with E-state index in [1.807, 2.05) is 20.8 Å². The lowest BCUT2D eigenvalue weighted by Crippen LogP contribution is -2.40. The van der Waals surface area contributed by atoms with Crippen LogP contribution in [0, 0.1) is 23.7 Å². The maximum absolute atomic E-state index is 12.8. The molecule has 4 nitrogen and oxygen atoms in total. The van der Waals surface area contributed by atoms with Crippen molar-refractivity contribution in [1.29, 1.82) is 0 Å². The molecule has 4 atom stereocenters. The largest absolute Gasteiger partial charge is 0.462 e. The molecule has 0 aromatic carbocycles. The molecule has 0 aromatic heterocycles. The molecule has 0 radical (unpaired) electrons. The number of ether oxygens (including phenoxy) is 2. The van der Waals surface area contributed by atoms with Crippen molar-refractivity contribution in [2.75, 3.05) is 0 Å². The monoisotopic (exact) mass is 322 g/mol. The quantitative estimate of drug-likeness (QED) is 0.740. The summed E-state index contributed by atoms with van der Waals surface area (Å²) in [7, 11) is 0. The molecule has 0 N–H and O–H groups in total. The van der Waals surface area contributed by atoms with Crippen LogP contribution in [0.3, 0.4) is 0 Å². The van der Waals surface area contributed by atoms with E-state index in [1.165, 1.54) is 6.42 Å². The van der Waals surface area contributed by atoms with Gasteiger partial charge in [0.05, 0.1) is 11.8 Å². The summed E-state index contributed by atoms with van der Waals surface area (Å²) in [6.07, 6.45) is 8.61. The van der Waals surface area contributed by atoms with Gasteiger partial charge in [0, 0.05) is 0 Å². The van der Waals surface area contributed by atoms with E-state index < -0.39 is 5.60 Å². The molecule has 4 heteroatoms. The Morgan fingerprint density at radius 1 is 0.826 bits per heavy atom. The Hall–Kier alpha value is -1.06. The molecule has 0 saturated heterocycles. The maximum Gasteiger partial charge on any atom is 0.310 e. The van der Waals surface area contributed by atoms with Crippen LogP contribution < -0.4 is 0 Å². The Kier molecular flexibility index (Phi) is 4.70. The second-order valence-electron chi connectivity index (χ2n) is 8.62. The Morgan fingerprint density at radius 3 is 1.96 bits per heavy atom. The summed E-state index contributed by atoms with van der Waals surface area (Å²) in [6.45, 7) is 5.65. The molecule has 130 valence electrons. The first kappa shape index (κ1) is 16.8. The highest BCUT2D eigenvalue weighted by atomic mass is 16.6. The zero-order valence-electron chi connectivity index (χ0n) is 14.7. The van der Waals surface area contributed by atoms with Crippen molar-refractivity contribution in [3.63, 3.8) is 0 Å². The Labute approximate surface area is 139 Å². The van der Waals surface area contributed by atoms with Crippen LogP contribution in [0.5, 0.6) is 0 Å². The highest BCUT2D eigenvalue weighted by molar-refractivity contribution is 5.84. The van der Waals surface area contributed by atoms with E-state index in [-0.39, 0.29) is 29.9 Å². The fourth-order valence-electron chi connectivity index (χ4n) is 4.77. The van der Waals surface area contributed by atoms with Crippen LogP contribution in [0.25, 0.3) is 0 Å². The maximum atomic E-state index is 12.8. The van der Waals surface area contributed by atoms with Gasteiger partial charge in [-0.25, -0.2) is 0 Å². The molecule has 3 aliphatic carbocycles. The summed E-state index contributed by atoms with van der Waals surface area (Å²) in [5, 5.41) is 0. The predicted molar refractivity (Wildman–Crippen MR) is 86.6 cm³/mol. The molecule has 0 amide bonds. The average molecular weight is 322 g/mol. The first-order valence-corrected chi connectivity index (χ1v) is 9.28. The summed E-state index contributed by atoms with van der Waals surface area (Å²) >= 11 is 0. The van der Waals surface area contributed by atoms with Gasteiger partial charge in [0.1, 0.15) is 11.7 Å². The van der Waals surface area contributed by atoms with Crippen molar-refractivity contribution in [1.82, 2.24) is 0 Å². The van der Waals surface area contributed by atoms with Gasteiger partial charge in [-0.3, -0.25) is 9.59 Å². The summed E-state index contributed by atoms with van der Waals surface area (Å²) in [5.41, 5.74) is -0.503. The third kappa shape index (κ3) is 3.72. The predicted octanol–water partition coefficient (Wildman–Crippen LogP) is 3.87. The first-order valence-electron chi connectivity index (χ1n) is 9.28. The fourth-order valence-corrected chi connectivity index (χ4v) is 4.77. The van der Waals surface area contributed by atoms with E-state index in [9.17, 15) is 9.59 Å². The number of fused-ring (bicyclic) bond motifs is 2. The third-order valence-electron chi connectivity index (χ3n) is 5.70. The minimum absolute atomic E-state index is 0.0645. The van der Waals surface area contributed by atoms with Gasteiger partial charge in [-0.1, -0.05) is 6.42 Å². The zero-order chi connectivity index (χ0) is 16.6. The van der Waals surface area contributed by atoms with Crippen LogP contribution in [-0.2, 0) is 19.1 Å². The van der Waals surface area contributed by atoms with Crippen molar-refractivity contribution < 1.29 is 19.1 Å². The van der Waals surface area contributed by atoms with Crippen LogP contribution in [-0.4, -0.2) is 23.6 Å². The number of rotatable bonds is 3. The zero-order valence-corrected chi connectivity index (χ0v) is 14.7. The van der Waals surface area contributed by atoms with E-state index in [4.69, 9.17) is 9.47 Å². The van der Waals surface area contributed by atoms with E-state index >= 15 is 0 Å². The van der Waals surface area contributed by atoms with Gasteiger partial charge < -0.3 is 9.47 Å². The van der Waals surface area contributed by atoms with Crippen LogP contribution in [0.1, 0.15) is 72.1 Å². The Bertz CT molecular complexity index is 458. The number of hydrogen-bond donors (Lipinski definition) is 0. The summed E-state index contributed by atoms with van der Waals surface area (Å²) < 4.78 is 11.4. The lowest BCUT2D eigenvalue weighted by molar-refractivity contribution is -0.173. The van der Waals surface area contributed by atoms with Crippen molar-refractivity contribution in [2.24, 2.45) is 23.7 Å². The van der Waals surface area contributed by atoms with Gasteiger partial charge in [0.2, 0.25) is 0 Å². The molecule has 23 heavy (non-hydrogen) atoms. The SMILES string of the molecule is CC(C)(C)OC(=O)C1C2CCC(C2)C1C(=O)OC1CCCCC1. The standard InChI is InChI=1S/C19H30O4/c1-19(2,3)23-18(21)16-13-10-9-12(11-13)15(16)17(20)22-14-7-5-4-6-8-14/h12-16H,4-11H2,1-3H3. The minimum atomic E-state index is -0.503. The molecular weight excluding hydrogens is 292 g/mol. The van der Waals surface area contributed by atoms with Gasteiger partial charge in [0.25, 0.3) is 0 Å². The number of hydrogen-bond acceptors (Lipinski definition) is 4. The average Bonchev–Trinajstić information content (AvgIpc) is 3.07. The van der Waals surface area contributed by atoms with Gasteiger partial charge >= 0.3 is 11.9 Å². The molecule has 0 aliphatic heterocycles. The molecule has 4 unspecified atom stereocenters. The highest BCUT2D eigenvalue weighted by Crippen LogP contribution is 2.53.